The van der Waals surface area contributed by atoms with Gasteiger partial charge in [0.15, 0.2) is 0 Å². The molecule has 186 valence electrons. The molecule has 2 aliphatic rings. The zero-order chi connectivity index (χ0) is 25.2. The van der Waals surface area contributed by atoms with Gasteiger partial charge in [0.1, 0.15) is 23.7 Å². The zero-order valence-electron chi connectivity index (χ0n) is 20.3. The first kappa shape index (κ1) is 24.6. The molecule has 2 fully saturated rings. The van der Waals surface area contributed by atoms with Gasteiger partial charge >= 0.3 is 6.03 Å². The van der Waals surface area contributed by atoms with Crippen molar-refractivity contribution in [2.24, 2.45) is 11.3 Å². The molecule has 4 amide bonds. The minimum absolute atomic E-state index is 0.160. The maximum Gasteiger partial charge on any atom is 0.325 e. The molecule has 0 bridgehead atoms. The van der Waals surface area contributed by atoms with Crippen LogP contribution in [-0.4, -0.2) is 39.8 Å². The highest BCUT2D eigenvalue weighted by Crippen LogP contribution is 2.43. The molecule has 2 aromatic rings. The van der Waals surface area contributed by atoms with Crippen LogP contribution in [-0.2, 0) is 16.1 Å². The summed E-state index contributed by atoms with van der Waals surface area (Å²) in [5, 5.41) is 5.59. The summed E-state index contributed by atoms with van der Waals surface area (Å²) in [6, 6.07) is 8.46. The van der Waals surface area contributed by atoms with E-state index in [1.807, 2.05) is 0 Å². The third kappa shape index (κ3) is 5.61. The van der Waals surface area contributed by atoms with Crippen LogP contribution >= 0.6 is 0 Å². The van der Waals surface area contributed by atoms with E-state index in [1.165, 1.54) is 24.3 Å². The number of carbonyl (C=O) groups is 3. The lowest BCUT2D eigenvalue weighted by atomic mass is 9.67. The maximum absolute atomic E-state index is 13.1. The Kier molecular flexibility index (Phi) is 6.78. The Bertz CT molecular complexity index is 1090. The number of ether oxygens (including phenoxy) is 1. The van der Waals surface area contributed by atoms with Gasteiger partial charge in [0.2, 0.25) is 11.8 Å². The van der Waals surface area contributed by atoms with Crippen molar-refractivity contribution in [1.29, 1.82) is 0 Å². The summed E-state index contributed by atoms with van der Waals surface area (Å²) in [6.07, 6.45) is 4.47. The van der Waals surface area contributed by atoms with Gasteiger partial charge in [0.05, 0.1) is 0 Å². The molecule has 2 N–H and O–H groups in total. The Morgan fingerprint density at radius 1 is 1.17 bits per heavy atom. The maximum atomic E-state index is 13.1. The fraction of sp³-hybridized carbons (Fsp3) is 0.462. The lowest BCUT2D eigenvalue weighted by Gasteiger charge is -2.40. The molecule has 9 heteroatoms. The predicted octanol–water partition coefficient (Wildman–Crippen LogP) is 4.16. The van der Waals surface area contributed by atoms with Gasteiger partial charge in [-0.15, -0.1) is 0 Å². The van der Waals surface area contributed by atoms with E-state index in [-0.39, 0.29) is 30.2 Å². The monoisotopic (exact) mass is 482 g/mol. The van der Waals surface area contributed by atoms with Crippen LogP contribution in [0.4, 0.5) is 9.18 Å². The lowest BCUT2D eigenvalue weighted by Crippen LogP contribution is -2.51. The summed E-state index contributed by atoms with van der Waals surface area (Å²) in [7, 11) is 0. The van der Waals surface area contributed by atoms with Crippen LogP contribution in [0.15, 0.2) is 42.6 Å². The van der Waals surface area contributed by atoms with Crippen LogP contribution in [0.5, 0.6) is 11.6 Å². The summed E-state index contributed by atoms with van der Waals surface area (Å²) in [5.74, 6) is 0.189. The number of imide groups is 1. The molecule has 0 unspecified atom stereocenters. The van der Waals surface area contributed by atoms with E-state index >= 15 is 0 Å². The number of amides is 4. The molecule has 1 spiro atoms. The number of rotatable bonds is 6. The molecular formula is C26H31FN4O4. The number of carbonyl (C=O) groups excluding carboxylic acids is 3. The molecule has 0 radical (unpaired) electrons. The van der Waals surface area contributed by atoms with Gasteiger partial charge in [-0.2, -0.15) is 0 Å². The normalized spacial score (nSPS) is 22.3. The number of aromatic nitrogens is 1. The van der Waals surface area contributed by atoms with E-state index in [4.69, 9.17) is 4.74 Å². The van der Waals surface area contributed by atoms with Gasteiger partial charge in [-0.3, -0.25) is 14.5 Å². The van der Waals surface area contributed by atoms with Gasteiger partial charge in [0, 0.05) is 18.8 Å². The average molecular weight is 483 g/mol. The second-order valence-corrected chi connectivity index (χ2v) is 10.4. The molecule has 35 heavy (non-hydrogen) atoms. The standard InChI is InChI=1S/C26H31FN4O4/c1-25(2,3)18-10-12-26(13-11-18)23(33)31(24(34)30-26)16-21(32)28-14-17-4-9-22(29-15-17)35-20-7-5-19(27)6-8-20/h4-9,15,18H,10-14,16H2,1-3H3,(H,28,32)(H,30,34). The molecule has 1 saturated carbocycles. The van der Waals surface area contributed by atoms with Gasteiger partial charge in [-0.05, 0) is 66.8 Å². The van der Waals surface area contributed by atoms with Crippen molar-refractivity contribution in [3.05, 3.63) is 54.0 Å². The van der Waals surface area contributed by atoms with E-state index in [0.717, 1.165) is 23.3 Å². The van der Waals surface area contributed by atoms with Crippen LogP contribution in [0.2, 0.25) is 0 Å². The summed E-state index contributed by atoms with van der Waals surface area (Å²) in [4.78, 5) is 43.3. The summed E-state index contributed by atoms with van der Waals surface area (Å²) < 4.78 is 18.5. The zero-order valence-corrected chi connectivity index (χ0v) is 20.3. The fourth-order valence-electron chi connectivity index (χ4n) is 4.73. The Balaban J connectivity index is 1.27. The number of urea groups is 1. The van der Waals surface area contributed by atoms with Gasteiger partial charge in [-0.1, -0.05) is 26.8 Å². The molecule has 0 atom stereocenters. The van der Waals surface area contributed by atoms with Gasteiger partial charge in [-0.25, -0.2) is 14.2 Å². The molecule has 1 aromatic heterocycles. The number of benzene rings is 1. The number of halogens is 1. The Morgan fingerprint density at radius 2 is 1.86 bits per heavy atom. The second kappa shape index (κ2) is 9.64. The van der Waals surface area contributed by atoms with Crippen LogP contribution in [0.3, 0.4) is 0 Å². The molecule has 4 rings (SSSR count). The third-order valence-electron chi connectivity index (χ3n) is 6.93. The predicted molar refractivity (Wildman–Crippen MR) is 127 cm³/mol. The number of hydrogen-bond donors (Lipinski definition) is 2. The molecule has 8 nitrogen and oxygen atoms in total. The molecule has 1 aliphatic heterocycles. The van der Waals surface area contributed by atoms with Gasteiger partial charge in [0.25, 0.3) is 5.91 Å². The summed E-state index contributed by atoms with van der Waals surface area (Å²) >= 11 is 0. The van der Waals surface area contributed by atoms with Crippen LogP contribution in [0, 0.1) is 17.2 Å². The van der Waals surface area contributed by atoms with Crippen LogP contribution in [0.25, 0.3) is 0 Å². The second-order valence-electron chi connectivity index (χ2n) is 10.4. The Morgan fingerprint density at radius 3 is 2.46 bits per heavy atom. The average Bonchev–Trinajstić information content (AvgIpc) is 3.03. The van der Waals surface area contributed by atoms with Crippen molar-refractivity contribution >= 4 is 17.8 Å². The first-order valence-electron chi connectivity index (χ1n) is 11.8. The fourth-order valence-corrected chi connectivity index (χ4v) is 4.73. The van der Waals surface area contributed by atoms with Crippen molar-refractivity contribution in [1.82, 2.24) is 20.5 Å². The minimum atomic E-state index is -0.886. The first-order valence-corrected chi connectivity index (χ1v) is 11.8. The van der Waals surface area contributed by atoms with Crippen molar-refractivity contribution < 1.29 is 23.5 Å². The van der Waals surface area contributed by atoms with Crippen LogP contribution in [0.1, 0.15) is 52.0 Å². The number of pyridine rings is 1. The largest absolute Gasteiger partial charge is 0.439 e. The highest BCUT2D eigenvalue weighted by atomic mass is 19.1. The van der Waals surface area contributed by atoms with Crippen molar-refractivity contribution in [2.45, 2.75) is 58.5 Å². The highest BCUT2D eigenvalue weighted by molar-refractivity contribution is 6.09. The molecule has 1 aromatic carbocycles. The SMILES string of the molecule is CC(C)(C)C1CCC2(CC1)NC(=O)N(CC(=O)NCc1ccc(Oc3ccc(F)cc3)nc1)C2=O. The quantitative estimate of drug-likeness (QED) is 0.603. The summed E-state index contributed by atoms with van der Waals surface area (Å²) in [5.41, 5.74) is -0.00454. The van der Waals surface area contributed by atoms with Crippen LogP contribution < -0.4 is 15.4 Å². The topological polar surface area (TPSA) is 101 Å². The Hall–Kier alpha value is -3.49. The van der Waals surface area contributed by atoms with Crippen molar-refractivity contribution in [2.75, 3.05) is 6.54 Å². The molecule has 2 heterocycles. The third-order valence-corrected chi connectivity index (χ3v) is 6.93. The molecule has 1 saturated heterocycles. The van der Waals surface area contributed by atoms with Crippen molar-refractivity contribution in [3.8, 4) is 11.6 Å². The van der Waals surface area contributed by atoms with E-state index in [0.29, 0.717) is 30.4 Å². The van der Waals surface area contributed by atoms with E-state index in [9.17, 15) is 18.8 Å². The first-order chi connectivity index (χ1) is 16.6. The van der Waals surface area contributed by atoms with E-state index < -0.39 is 17.5 Å². The number of hydrogen-bond acceptors (Lipinski definition) is 5. The number of nitrogens with zero attached hydrogens (tertiary/aromatic N) is 2. The smallest absolute Gasteiger partial charge is 0.325 e. The van der Waals surface area contributed by atoms with E-state index in [2.05, 4.69) is 36.4 Å². The van der Waals surface area contributed by atoms with E-state index in [1.54, 1.807) is 18.3 Å². The number of nitrogens with one attached hydrogen (secondary N) is 2. The molecule has 1 aliphatic carbocycles. The van der Waals surface area contributed by atoms with Crippen molar-refractivity contribution in [3.63, 3.8) is 0 Å². The summed E-state index contributed by atoms with van der Waals surface area (Å²) in [6.45, 7) is 6.45. The minimum Gasteiger partial charge on any atom is -0.439 e. The Labute approximate surface area is 204 Å². The highest BCUT2D eigenvalue weighted by Gasteiger charge is 2.53. The lowest BCUT2D eigenvalue weighted by molar-refractivity contribution is -0.136. The van der Waals surface area contributed by atoms with Gasteiger partial charge < -0.3 is 15.4 Å². The molecular weight excluding hydrogens is 451 g/mol.